The zero-order chi connectivity index (χ0) is 41.3. The van der Waals surface area contributed by atoms with E-state index >= 15 is 0 Å². The van der Waals surface area contributed by atoms with Gasteiger partial charge in [-0.2, -0.15) is 0 Å². The number of hydrogen-bond donors (Lipinski definition) is 5. The summed E-state index contributed by atoms with van der Waals surface area (Å²) in [5.41, 5.74) is 1.52. The highest BCUT2D eigenvalue weighted by Crippen LogP contribution is 2.41. The third-order valence-electron chi connectivity index (χ3n) is 10.7. The molecule has 2 fully saturated rings. The lowest BCUT2D eigenvalue weighted by molar-refractivity contribution is -0.950. The Balaban J connectivity index is 1.97. The topological polar surface area (TPSA) is 225 Å². The van der Waals surface area contributed by atoms with Gasteiger partial charge in [0.05, 0.1) is 60.3 Å². The first kappa shape index (κ1) is 46.7. The Morgan fingerprint density at radius 2 is 1.23 bits per heavy atom. The van der Waals surface area contributed by atoms with E-state index in [-0.39, 0.29) is 69.3 Å². The van der Waals surface area contributed by atoms with Gasteiger partial charge in [-0.15, -0.1) is 0 Å². The number of aliphatic hydroxyl groups excluding tert-OH is 3. The molecule has 1 aromatic rings. The van der Waals surface area contributed by atoms with Gasteiger partial charge in [0.2, 0.25) is 6.04 Å². The van der Waals surface area contributed by atoms with E-state index in [1.807, 2.05) is 6.92 Å². The molecule has 5 N–H and O–H groups in total. The van der Waals surface area contributed by atoms with Crippen molar-refractivity contribution in [1.29, 1.82) is 0 Å². The van der Waals surface area contributed by atoms with Crippen LogP contribution in [0, 0.1) is 0 Å². The van der Waals surface area contributed by atoms with Crippen molar-refractivity contribution in [3.8, 4) is 5.75 Å². The molecule has 0 spiro atoms. The van der Waals surface area contributed by atoms with Crippen molar-refractivity contribution >= 4 is 23.9 Å². The van der Waals surface area contributed by atoms with Gasteiger partial charge in [-0.1, -0.05) is 18.7 Å². The monoisotopic (exact) mass is 797 g/mol. The van der Waals surface area contributed by atoms with Crippen LogP contribution in [0.3, 0.4) is 0 Å². The average Bonchev–Trinajstić information content (AvgIpc) is 3.93. The largest absolute Gasteiger partial charge is 0.491 e. The summed E-state index contributed by atoms with van der Waals surface area (Å²) >= 11 is 0. The van der Waals surface area contributed by atoms with Crippen LogP contribution < -0.4 is 4.74 Å². The first-order chi connectivity index (χ1) is 26.9. The fraction of sp³-hybridized carbons (Fsp3) is 0.684. The number of carboxylic acid groups (broad SMARTS) is 2. The maximum Gasteiger partial charge on any atom is 0.367 e. The summed E-state index contributed by atoms with van der Waals surface area (Å²) in [5.74, 6) is -3.23. The zero-order valence-electron chi connectivity index (χ0n) is 32.8. The van der Waals surface area contributed by atoms with Crippen LogP contribution in [-0.2, 0) is 44.5 Å². The number of rotatable bonds is 22. The van der Waals surface area contributed by atoms with Crippen molar-refractivity contribution in [2.24, 2.45) is 0 Å². The molecule has 1 heterocycles. The molecule has 0 amide bonds. The highest BCUT2D eigenvalue weighted by Gasteiger charge is 2.55. The smallest absolute Gasteiger partial charge is 0.367 e. The number of ether oxygens (including phenoxy) is 5. The van der Waals surface area contributed by atoms with Gasteiger partial charge in [0.1, 0.15) is 43.1 Å². The van der Waals surface area contributed by atoms with E-state index in [0.717, 1.165) is 5.57 Å². The van der Waals surface area contributed by atoms with Crippen LogP contribution >= 0.6 is 0 Å². The minimum absolute atomic E-state index is 0.00871. The molecule has 1 aromatic carbocycles. The Morgan fingerprint density at radius 1 is 0.732 bits per heavy atom. The van der Waals surface area contributed by atoms with Gasteiger partial charge in [-0.3, -0.25) is 29.1 Å². The summed E-state index contributed by atoms with van der Waals surface area (Å²) in [6, 6.07) is 2.03. The van der Waals surface area contributed by atoms with E-state index in [9.17, 15) is 44.7 Å². The van der Waals surface area contributed by atoms with Crippen LogP contribution in [0.5, 0.6) is 5.75 Å². The average molecular weight is 798 g/mol. The maximum atomic E-state index is 13.2. The van der Waals surface area contributed by atoms with Crippen molar-refractivity contribution in [3.63, 3.8) is 0 Å². The molecule has 0 aromatic heterocycles. The fourth-order valence-corrected chi connectivity index (χ4v) is 7.41. The summed E-state index contributed by atoms with van der Waals surface area (Å²) in [5, 5.41) is 52.0. The zero-order valence-corrected chi connectivity index (χ0v) is 32.8. The molecule has 0 radical (unpaired) electrons. The molecule has 18 nitrogen and oxygen atoms in total. The molecule has 6 atom stereocenters. The van der Waals surface area contributed by atoms with E-state index < -0.39 is 67.9 Å². The van der Waals surface area contributed by atoms with Crippen molar-refractivity contribution in [1.82, 2.24) is 14.7 Å². The number of esters is 2. The van der Waals surface area contributed by atoms with Gasteiger partial charge >= 0.3 is 23.9 Å². The molecule has 1 saturated carbocycles. The Morgan fingerprint density at radius 3 is 1.70 bits per heavy atom. The summed E-state index contributed by atoms with van der Waals surface area (Å²) < 4.78 is 26.5. The van der Waals surface area contributed by atoms with Gasteiger partial charge in [0.15, 0.2) is 0 Å². The third-order valence-corrected chi connectivity index (χ3v) is 10.7. The first-order valence-corrected chi connectivity index (χ1v) is 19.0. The Labute approximate surface area is 328 Å². The predicted molar refractivity (Wildman–Crippen MR) is 201 cm³/mol. The molecular weight excluding hydrogens is 736 g/mol. The number of aliphatic carboxylic acids is 2. The van der Waals surface area contributed by atoms with Crippen LogP contribution in [0.4, 0.5) is 0 Å². The predicted octanol–water partition coefficient (Wildman–Crippen LogP) is -1.31. The van der Waals surface area contributed by atoms with E-state index in [1.54, 1.807) is 39.0 Å². The summed E-state index contributed by atoms with van der Waals surface area (Å²) in [6.45, 7) is 6.89. The molecular formula is C38H61N4O14+. The van der Waals surface area contributed by atoms with Gasteiger partial charge in [-0.05, 0) is 36.6 Å². The molecule has 3 rings (SSSR count). The van der Waals surface area contributed by atoms with Crippen molar-refractivity contribution in [3.05, 3.63) is 42.0 Å². The van der Waals surface area contributed by atoms with Gasteiger partial charge in [-0.25, -0.2) is 4.79 Å². The second-order valence-electron chi connectivity index (χ2n) is 13.9. The molecule has 0 bridgehead atoms. The van der Waals surface area contributed by atoms with Gasteiger partial charge in [0.25, 0.3) is 0 Å². The second-order valence-corrected chi connectivity index (χ2v) is 13.9. The lowest BCUT2D eigenvalue weighted by Gasteiger charge is -2.46. The lowest BCUT2D eigenvalue weighted by Crippen LogP contribution is -2.67. The van der Waals surface area contributed by atoms with Crippen LogP contribution in [-0.4, -0.2) is 218 Å². The number of benzene rings is 1. The summed E-state index contributed by atoms with van der Waals surface area (Å²) in [7, 11) is 2.41. The number of hydrogen-bond acceptors (Lipinski definition) is 15. The van der Waals surface area contributed by atoms with Crippen LogP contribution in [0.2, 0.25) is 0 Å². The second kappa shape index (κ2) is 23.5. The van der Waals surface area contributed by atoms with Crippen LogP contribution in [0.15, 0.2) is 36.4 Å². The van der Waals surface area contributed by atoms with E-state index in [4.69, 9.17) is 23.7 Å². The first-order valence-electron chi connectivity index (χ1n) is 19.0. The number of carbonyl (C=O) groups excluding carboxylic acids is 2. The number of quaternary nitrogens is 1. The van der Waals surface area contributed by atoms with Gasteiger partial charge in [0, 0.05) is 52.3 Å². The Hall–Kier alpha value is -3.72. The molecule has 316 valence electrons. The number of carboxylic acids is 2. The summed E-state index contributed by atoms with van der Waals surface area (Å²) in [4.78, 5) is 56.6. The van der Waals surface area contributed by atoms with Crippen molar-refractivity contribution < 1.29 is 72.9 Å². The number of aliphatic hydroxyl groups is 3. The molecule has 18 heteroatoms. The minimum atomic E-state index is -1.35. The van der Waals surface area contributed by atoms with E-state index in [2.05, 4.69) is 6.58 Å². The third kappa shape index (κ3) is 12.9. The normalized spacial score (nSPS) is 22.5. The molecule has 56 heavy (non-hydrogen) atoms. The number of nitrogens with zero attached hydrogens (tertiary/aromatic N) is 4. The minimum Gasteiger partial charge on any atom is -0.491 e. The molecule has 1 aliphatic heterocycles. The summed E-state index contributed by atoms with van der Waals surface area (Å²) in [6.07, 6.45) is 0.598. The molecule has 6 unspecified atom stereocenters. The Kier molecular flexibility index (Phi) is 19.6. The lowest BCUT2D eigenvalue weighted by atomic mass is 10.0. The Bertz CT molecular complexity index is 1420. The van der Waals surface area contributed by atoms with Gasteiger partial charge < -0.3 is 53.7 Å². The quantitative estimate of drug-likeness (QED) is 0.0398. The molecule has 2 aliphatic rings. The SMILES string of the molecule is C=C1CC1[N+]1(C(CO)C(=O)OC)CCN(C(CO)C(=O)O)CCN(C(Cc2ccc(OCCOCCOCC)cc2)C(=O)O)CCN(C(CO)C(=O)OC)CC1. The van der Waals surface area contributed by atoms with E-state index in [0.29, 0.717) is 50.8 Å². The van der Waals surface area contributed by atoms with Crippen LogP contribution in [0.25, 0.3) is 0 Å². The number of methoxy groups -OCH3 is 2. The fourth-order valence-electron chi connectivity index (χ4n) is 7.41. The maximum absolute atomic E-state index is 13.2. The highest BCUT2D eigenvalue weighted by molar-refractivity contribution is 5.76. The van der Waals surface area contributed by atoms with E-state index in [1.165, 1.54) is 14.2 Å². The highest BCUT2D eigenvalue weighted by atomic mass is 16.5. The van der Waals surface area contributed by atoms with Crippen molar-refractivity contribution in [2.45, 2.75) is 50.0 Å². The van der Waals surface area contributed by atoms with Crippen LogP contribution in [0.1, 0.15) is 18.9 Å². The number of carbonyl (C=O) groups is 4. The van der Waals surface area contributed by atoms with Crippen molar-refractivity contribution in [2.75, 3.05) is 119 Å². The molecule has 1 aliphatic carbocycles. The molecule has 1 saturated heterocycles. The standard InChI is InChI=1S/C38H60N4O14/c1-5-54-18-19-55-20-21-56-29-8-6-28(7-9-29)23-30(35(46)47)39-10-12-40(31(24-43)36(48)49)14-16-42(33-22-27(33)2,34(26-45)38(51)53-4)17-15-41(13-11-39)32(25-44)37(50)52-3/h6-9,30-34,43-45H,2,5,10-26H2,1,3-4H3,(H-,46,47,48,49)/p+1.